The van der Waals surface area contributed by atoms with Gasteiger partial charge >= 0.3 is 0 Å². The summed E-state index contributed by atoms with van der Waals surface area (Å²) in [6.45, 7) is 1.08. The lowest BCUT2D eigenvalue weighted by molar-refractivity contribution is -0.145. The van der Waals surface area contributed by atoms with Crippen molar-refractivity contribution in [1.82, 2.24) is 20.2 Å². The molecule has 1 aromatic heterocycles. The van der Waals surface area contributed by atoms with Crippen LogP contribution >= 0.6 is 11.6 Å². The number of piperidine rings is 1. The van der Waals surface area contributed by atoms with Gasteiger partial charge in [0.25, 0.3) is 11.8 Å². The fourth-order valence-electron chi connectivity index (χ4n) is 3.80. The maximum absolute atomic E-state index is 14.4. The van der Waals surface area contributed by atoms with Crippen molar-refractivity contribution in [2.45, 2.75) is 25.3 Å². The molecule has 0 radical (unpaired) electrons. The third-order valence-corrected chi connectivity index (χ3v) is 5.48. The number of halogens is 3. The Morgan fingerprint density at radius 3 is 2.59 bits per heavy atom. The van der Waals surface area contributed by atoms with Crippen LogP contribution in [-0.2, 0) is 4.79 Å². The van der Waals surface area contributed by atoms with E-state index in [2.05, 4.69) is 20.6 Å². The minimum Gasteiger partial charge on any atom is -0.393 e. The molecule has 1 saturated heterocycles. The molecule has 170 valence electrons. The Bertz CT molecular complexity index is 984. The van der Waals surface area contributed by atoms with Gasteiger partial charge in [-0.3, -0.25) is 10.2 Å². The molecule has 0 aliphatic carbocycles. The van der Waals surface area contributed by atoms with Gasteiger partial charge in [-0.1, -0.05) is 48.9 Å². The van der Waals surface area contributed by atoms with E-state index in [9.17, 15) is 13.6 Å². The first-order valence-electron chi connectivity index (χ1n) is 10.1. The molecule has 1 amide bonds. The van der Waals surface area contributed by atoms with Crippen molar-refractivity contribution in [2.24, 2.45) is 5.92 Å². The van der Waals surface area contributed by atoms with Crippen LogP contribution in [0.15, 0.2) is 48.9 Å². The maximum Gasteiger partial charge on any atom is 0.272 e. The van der Waals surface area contributed by atoms with Crippen molar-refractivity contribution < 1.29 is 13.6 Å². The summed E-state index contributed by atoms with van der Waals surface area (Å²) in [5, 5.41) is 14.7. The fourth-order valence-corrected chi connectivity index (χ4v) is 3.90. The summed E-state index contributed by atoms with van der Waals surface area (Å²) in [7, 11) is 1.65. The Balaban J connectivity index is 1.85. The smallest absolute Gasteiger partial charge is 0.272 e. The summed E-state index contributed by atoms with van der Waals surface area (Å²) in [6, 6.07) is 8.33. The van der Waals surface area contributed by atoms with E-state index in [0.29, 0.717) is 16.2 Å². The summed E-state index contributed by atoms with van der Waals surface area (Å²) in [4.78, 5) is 22.5. The summed E-state index contributed by atoms with van der Waals surface area (Å²) in [5.74, 6) is -4.03. The second-order valence-corrected chi connectivity index (χ2v) is 8.17. The number of hydrogen-bond acceptors (Lipinski definition) is 6. The van der Waals surface area contributed by atoms with Crippen LogP contribution in [0.1, 0.15) is 18.9 Å². The van der Waals surface area contributed by atoms with E-state index >= 15 is 0 Å². The van der Waals surface area contributed by atoms with Gasteiger partial charge < -0.3 is 15.5 Å². The van der Waals surface area contributed by atoms with Gasteiger partial charge in [-0.05, 0) is 11.5 Å². The van der Waals surface area contributed by atoms with E-state index < -0.39 is 30.3 Å². The zero-order chi connectivity index (χ0) is 23.3. The molecule has 10 heteroatoms. The quantitative estimate of drug-likeness (QED) is 0.545. The van der Waals surface area contributed by atoms with Crippen LogP contribution < -0.4 is 10.6 Å². The summed E-state index contributed by atoms with van der Waals surface area (Å²) >= 11 is 5.80. The van der Waals surface area contributed by atoms with E-state index in [0.717, 1.165) is 4.90 Å². The van der Waals surface area contributed by atoms with E-state index in [1.54, 1.807) is 38.2 Å². The highest BCUT2D eigenvalue weighted by atomic mass is 35.5. The molecule has 3 rings (SSSR count). The second-order valence-electron chi connectivity index (χ2n) is 7.73. The van der Waals surface area contributed by atoms with E-state index in [1.807, 2.05) is 6.07 Å². The van der Waals surface area contributed by atoms with Gasteiger partial charge in [0.1, 0.15) is 5.71 Å². The molecule has 0 saturated carbocycles. The Morgan fingerprint density at radius 1 is 1.31 bits per heavy atom. The van der Waals surface area contributed by atoms with Crippen LogP contribution in [0.4, 0.5) is 14.7 Å². The number of likely N-dealkylation sites (tertiary alicyclic amines) is 1. The molecule has 1 aromatic carbocycles. The number of carbonyl (C=O) groups is 1. The maximum atomic E-state index is 14.4. The minimum absolute atomic E-state index is 0.161. The SMILES string of the molecule is CN/C=C(\C(=N)C(=O)N1CC(F)(F)C[C@@H](C)C1CNc1ncc(Cl)cn1)c1ccccc1. The fraction of sp³-hybridized carbons (Fsp3) is 0.364. The largest absolute Gasteiger partial charge is 0.393 e. The van der Waals surface area contributed by atoms with Gasteiger partial charge in [0.15, 0.2) is 0 Å². The van der Waals surface area contributed by atoms with E-state index in [-0.39, 0.29) is 24.6 Å². The van der Waals surface area contributed by atoms with Gasteiger partial charge in [0.05, 0.1) is 30.0 Å². The first kappa shape index (κ1) is 23.6. The van der Waals surface area contributed by atoms with Crippen LogP contribution in [0.25, 0.3) is 5.57 Å². The molecule has 1 aliphatic heterocycles. The highest BCUT2D eigenvalue weighted by Crippen LogP contribution is 2.35. The number of rotatable bonds is 7. The van der Waals surface area contributed by atoms with E-state index in [4.69, 9.17) is 17.0 Å². The van der Waals surface area contributed by atoms with Crippen LogP contribution in [0.5, 0.6) is 0 Å². The predicted molar refractivity (Wildman–Crippen MR) is 121 cm³/mol. The lowest BCUT2D eigenvalue weighted by atomic mass is 9.87. The van der Waals surface area contributed by atoms with Crippen LogP contribution in [-0.4, -0.2) is 58.6 Å². The number of aromatic nitrogens is 2. The average molecular weight is 463 g/mol. The number of hydrogen-bond donors (Lipinski definition) is 3. The summed E-state index contributed by atoms with van der Waals surface area (Å²) < 4.78 is 28.9. The van der Waals surface area contributed by atoms with Gasteiger partial charge in [-0.2, -0.15) is 0 Å². The van der Waals surface area contributed by atoms with Crippen molar-refractivity contribution in [3.8, 4) is 0 Å². The average Bonchev–Trinajstić information content (AvgIpc) is 2.76. The van der Waals surface area contributed by atoms with Crippen LogP contribution in [0.2, 0.25) is 5.02 Å². The third kappa shape index (κ3) is 5.59. The van der Waals surface area contributed by atoms with Crippen molar-refractivity contribution in [3.63, 3.8) is 0 Å². The number of alkyl halides is 2. The number of carbonyl (C=O) groups excluding carboxylic acids is 1. The molecule has 3 N–H and O–H groups in total. The van der Waals surface area contributed by atoms with Crippen molar-refractivity contribution >= 4 is 34.7 Å². The molecule has 1 unspecified atom stereocenters. The Hall–Kier alpha value is -3.07. The Kier molecular flexibility index (Phi) is 7.40. The molecule has 2 heterocycles. The van der Waals surface area contributed by atoms with Gasteiger partial charge in [-0.15, -0.1) is 0 Å². The molecule has 1 aliphatic rings. The molecule has 1 fully saturated rings. The lowest BCUT2D eigenvalue weighted by Gasteiger charge is -2.43. The summed E-state index contributed by atoms with van der Waals surface area (Å²) in [5.41, 5.74) is 0.608. The lowest BCUT2D eigenvalue weighted by Crippen LogP contribution is -2.58. The van der Waals surface area contributed by atoms with Gasteiger partial charge in [0.2, 0.25) is 5.95 Å². The number of nitrogens with one attached hydrogen (secondary N) is 3. The topological polar surface area (TPSA) is 94.0 Å². The molecular weight excluding hydrogens is 438 g/mol. The molecule has 2 aromatic rings. The van der Waals surface area contributed by atoms with Crippen molar-refractivity contribution in [3.05, 3.63) is 59.5 Å². The van der Waals surface area contributed by atoms with Crippen LogP contribution in [0.3, 0.4) is 0 Å². The zero-order valence-corrected chi connectivity index (χ0v) is 18.5. The molecule has 2 atom stereocenters. The van der Waals surface area contributed by atoms with Crippen LogP contribution in [0, 0.1) is 11.3 Å². The Morgan fingerprint density at radius 2 is 1.97 bits per heavy atom. The van der Waals surface area contributed by atoms with Gasteiger partial charge in [0, 0.05) is 31.8 Å². The molecule has 32 heavy (non-hydrogen) atoms. The highest BCUT2D eigenvalue weighted by molar-refractivity contribution is 6.54. The van der Waals surface area contributed by atoms with Crippen molar-refractivity contribution in [1.29, 1.82) is 5.41 Å². The number of nitrogens with zero attached hydrogens (tertiary/aromatic N) is 3. The number of amides is 1. The standard InChI is InChI=1S/C22H25ClF2N6O/c1-14-8-22(24,25)13-31(18(14)12-30-21-28-9-16(23)10-29-21)20(32)19(26)17(11-27-2)15-6-4-3-5-7-15/h3-7,9-11,14,18,26-27H,8,12-13H2,1-2H3,(H,28,29,30)/b17-11-,26-19?/t14-,18?/m1/s1. The first-order chi connectivity index (χ1) is 15.2. The molecule has 0 spiro atoms. The normalized spacial score (nSPS) is 20.5. The summed E-state index contributed by atoms with van der Waals surface area (Å²) in [6.07, 6.45) is 4.01. The van der Waals surface area contributed by atoms with E-state index in [1.165, 1.54) is 18.6 Å². The predicted octanol–water partition coefficient (Wildman–Crippen LogP) is 3.69. The first-order valence-corrected chi connectivity index (χ1v) is 10.5. The number of benzene rings is 1. The minimum atomic E-state index is -3.04. The van der Waals surface area contributed by atoms with Gasteiger partial charge in [-0.25, -0.2) is 18.7 Å². The monoisotopic (exact) mass is 462 g/mol. The third-order valence-electron chi connectivity index (χ3n) is 5.29. The zero-order valence-electron chi connectivity index (χ0n) is 17.8. The molecule has 7 nitrogen and oxygen atoms in total. The Labute approximate surface area is 190 Å². The second kappa shape index (κ2) is 10.0. The molecular formula is C22H25ClF2N6O. The number of anilines is 1. The molecule has 0 bridgehead atoms. The highest BCUT2D eigenvalue weighted by Gasteiger charge is 2.46. The van der Waals surface area contributed by atoms with Crippen molar-refractivity contribution in [2.75, 3.05) is 25.5 Å².